The van der Waals surface area contributed by atoms with Crippen molar-refractivity contribution in [1.29, 1.82) is 0 Å². The van der Waals surface area contributed by atoms with Crippen LogP contribution in [0.25, 0.3) is 0 Å². The van der Waals surface area contributed by atoms with Crippen molar-refractivity contribution in [3.63, 3.8) is 0 Å². The maximum Gasteiger partial charge on any atom is 0.171 e. The molecule has 3 saturated carbocycles. The average Bonchev–Trinajstić information content (AvgIpc) is 3.39. The highest BCUT2D eigenvalue weighted by atomic mass is 16.7. The Labute approximate surface area is 209 Å². The molecule has 0 aromatic heterocycles. The van der Waals surface area contributed by atoms with Crippen LogP contribution in [0.3, 0.4) is 0 Å². The standard InChI is InChI=1S/C30H39NO4/c1-5-29(33)14-11-24-22-10-13-28(32)19-30(34-16-17-35-30)15-12-25(28)26(22)23(18-27(24,29)2)20-6-8-21(9-7-20)31(3)4/h1,6-9,22-24,32-33H,10-19H2,2-4H3. The molecule has 6 atom stereocenters. The molecule has 188 valence electrons. The molecule has 0 radical (unpaired) electrons. The van der Waals surface area contributed by atoms with Crippen molar-refractivity contribution in [3.05, 3.63) is 41.0 Å². The van der Waals surface area contributed by atoms with E-state index in [9.17, 15) is 10.2 Å². The average molecular weight is 478 g/mol. The summed E-state index contributed by atoms with van der Waals surface area (Å²) in [6.45, 7) is 3.44. The summed E-state index contributed by atoms with van der Waals surface area (Å²) >= 11 is 0. The van der Waals surface area contributed by atoms with E-state index >= 15 is 0 Å². The predicted octanol–water partition coefficient (Wildman–Crippen LogP) is 4.39. The van der Waals surface area contributed by atoms with E-state index in [0.29, 0.717) is 37.9 Å². The molecule has 35 heavy (non-hydrogen) atoms. The molecule has 4 aliphatic carbocycles. The van der Waals surface area contributed by atoms with E-state index in [1.165, 1.54) is 22.4 Å². The van der Waals surface area contributed by atoms with Crippen LogP contribution in [0.1, 0.15) is 69.8 Å². The van der Waals surface area contributed by atoms with Crippen LogP contribution in [0.15, 0.2) is 35.4 Å². The van der Waals surface area contributed by atoms with Gasteiger partial charge < -0.3 is 24.6 Å². The number of ether oxygens (including phenoxy) is 2. The Kier molecular flexibility index (Phi) is 5.27. The second kappa shape index (κ2) is 7.83. The van der Waals surface area contributed by atoms with E-state index in [0.717, 1.165) is 38.5 Å². The minimum Gasteiger partial charge on any atom is -0.385 e. The maximum atomic E-state index is 12.1. The van der Waals surface area contributed by atoms with Gasteiger partial charge in [0.1, 0.15) is 5.60 Å². The number of allylic oxidation sites excluding steroid dienone is 1. The maximum absolute atomic E-state index is 12.1. The molecule has 5 heteroatoms. The van der Waals surface area contributed by atoms with Crippen LogP contribution in [-0.4, -0.2) is 54.5 Å². The summed E-state index contributed by atoms with van der Waals surface area (Å²) in [5.74, 6) is 3.00. The lowest BCUT2D eigenvalue weighted by Gasteiger charge is -2.57. The summed E-state index contributed by atoms with van der Waals surface area (Å²) in [6.07, 6.45) is 12.1. The van der Waals surface area contributed by atoms with Gasteiger partial charge in [0.25, 0.3) is 0 Å². The third-order valence-electron chi connectivity index (χ3n) is 10.4. The van der Waals surface area contributed by atoms with E-state index in [1.54, 1.807) is 0 Å². The van der Waals surface area contributed by atoms with Crippen LogP contribution < -0.4 is 4.90 Å². The van der Waals surface area contributed by atoms with Gasteiger partial charge in [-0.25, -0.2) is 0 Å². The lowest BCUT2D eigenvalue weighted by atomic mass is 9.49. The van der Waals surface area contributed by atoms with Gasteiger partial charge in [-0.05, 0) is 73.6 Å². The first-order valence-electron chi connectivity index (χ1n) is 13.3. The van der Waals surface area contributed by atoms with Gasteiger partial charge in [-0.1, -0.05) is 30.6 Å². The van der Waals surface area contributed by atoms with Crippen molar-refractivity contribution < 1.29 is 19.7 Å². The highest BCUT2D eigenvalue weighted by Gasteiger charge is 2.64. The van der Waals surface area contributed by atoms with Crippen LogP contribution >= 0.6 is 0 Å². The van der Waals surface area contributed by atoms with E-state index in [1.807, 2.05) is 0 Å². The Balaban J connectivity index is 1.48. The number of nitrogens with zero attached hydrogens (tertiary/aromatic N) is 1. The first-order chi connectivity index (χ1) is 16.6. The van der Waals surface area contributed by atoms with Gasteiger partial charge in [-0.3, -0.25) is 0 Å². The summed E-state index contributed by atoms with van der Waals surface area (Å²) in [5, 5.41) is 23.7. The zero-order chi connectivity index (χ0) is 24.6. The molecule has 6 unspecified atom stereocenters. The molecule has 1 heterocycles. The molecule has 1 aromatic carbocycles. The first kappa shape index (κ1) is 23.6. The van der Waals surface area contributed by atoms with Crippen molar-refractivity contribution in [2.24, 2.45) is 17.3 Å². The molecule has 1 spiro atoms. The molecular formula is C30H39NO4. The van der Waals surface area contributed by atoms with Crippen molar-refractivity contribution >= 4 is 5.69 Å². The molecule has 1 aromatic rings. The normalized spacial score (nSPS) is 41.8. The second-order valence-electron chi connectivity index (χ2n) is 12.2. The minimum absolute atomic E-state index is 0.136. The number of terminal acetylenes is 1. The smallest absolute Gasteiger partial charge is 0.171 e. The number of benzene rings is 1. The summed E-state index contributed by atoms with van der Waals surface area (Å²) in [6, 6.07) is 8.83. The zero-order valence-corrected chi connectivity index (χ0v) is 21.3. The number of hydrogen-bond donors (Lipinski definition) is 2. The summed E-state index contributed by atoms with van der Waals surface area (Å²) < 4.78 is 12.1. The van der Waals surface area contributed by atoms with Crippen LogP contribution in [0.2, 0.25) is 0 Å². The van der Waals surface area contributed by atoms with Gasteiger partial charge in [-0.15, -0.1) is 6.42 Å². The quantitative estimate of drug-likeness (QED) is 0.489. The molecule has 4 fully saturated rings. The summed E-state index contributed by atoms with van der Waals surface area (Å²) in [7, 11) is 4.11. The SMILES string of the molecule is C#CC1(O)CCC2C3CCC4(O)CC5(CCC4=C3C(c3ccc(N(C)C)cc3)CC21C)OCCO5. The fourth-order valence-corrected chi connectivity index (χ4v) is 8.56. The van der Waals surface area contributed by atoms with Gasteiger partial charge in [0.05, 0.1) is 18.8 Å². The van der Waals surface area contributed by atoms with Gasteiger partial charge in [0, 0.05) is 44.0 Å². The molecule has 2 N–H and O–H groups in total. The molecule has 6 rings (SSSR count). The van der Waals surface area contributed by atoms with E-state index < -0.39 is 17.0 Å². The number of rotatable bonds is 2. The number of fused-ring (bicyclic) bond motifs is 4. The summed E-state index contributed by atoms with van der Waals surface area (Å²) in [5.41, 5.74) is 2.76. The Morgan fingerprint density at radius 2 is 1.74 bits per heavy atom. The number of hydrogen-bond acceptors (Lipinski definition) is 5. The Morgan fingerprint density at radius 1 is 1.03 bits per heavy atom. The second-order valence-corrected chi connectivity index (χ2v) is 12.2. The lowest BCUT2D eigenvalue weighted by Crippen LogP contribution is -2.55. The van der Waals surface area contributed by atoms with Crippen molar-refractivity contribution in [3.8, 4) is 12.3 Å². The molecular weight excluding hydrogens is 438 g/mol. The Morgan fingerprint density at radius 3 is 2.40 bits per heavy atom. The third kappa shape index (κ3) is 3.30. The van der Waals surface area contributed by atoms with Crippen LogP contribution in [0.4, 0.5) is 5.69 Å². The van der Waals surface area contributed by atoms with E-state index in [4.69, 9.17) is 15.9 Å². The molecule has 0 bridgehead atoms. The van der Waals surface area contributed by atoms with Crippen LogP contribution in [0.5, 0.6) is 0 Å². The molecule has 5 aliphatic rings. The van der Waals surface area contributed by atoms with Crippen molar-refractivity contribution in [1.82, 2.24) is 0 Å². The Bertz CT molecular complexity index is 1080. The van der Waals surface area contributed by atoms with Crippen LogP contribution in [0, 0.1) is 29.6 Å². The zero-order valence-electron chi connectivity index (χ0n) is 21.3. The monoisotopic (exact) mass is 477 g/mol. The summed E-state index contributed by atoms with van der Waals surface area (Å²) in [4.78, 5) is 2.11. The number of anilines is 1. The van der Waals surface area contributed by atoms with Crippen molar-refractivity contribution in [2.45, 2.75) is 81.2 Å². The lowest BCUT2D eigenvalue weighted by molar-refractivity contribution is -0.208. The number of aliphatic hydroxyl groups is 2. The predicted molar refractivity (Wildman–Crippen MR) is 136 cm³/mol. The highest BCUT2D eigenvalue weighted by Crippen LogP contribution is 2.67. The fourth-order valence-electron chi connectivity index (χ4n) is 8.56. The van der Waals surface area contributed by atoms with Crippen molar-refractivity contribution in [2.75, 3.05) is 32.2 Å². The van der Waals surface area contributed by atoms with E-state index in [-0.39, 0.29) is 11.3 Å². The van der Waals surface area contributed by atoms with Gasteiger partial charge in [0.15, 0.2) is 5.79 Å². The highest BCUT2D eigenvalue weighted by molar-refractivity contribution is 5.50. The van der Waals surface area contributed by atoms with Gasteiger partial charge >= 0.3 is 0 Å². The van der Waals surface area contributed by atoms with Crippen LogP contribution in [-0.2, 0) is 9.47 Å². The largest absolute Gasteiger partial charge is 0.385 e. The first-order valence-corrected chi connectivity index (χ1v) is 13.3. The van der Waals surface area contributed by atoms with E-state index in [2.05, 4.69) is 56.1 Å². The minimum atomic E-state index is -1.08. The Hall–Kier alpha value is -1.84. The fraction of sp³-hybridized carbons (Fsp3) is 0.667. The molecule has 0 amide bonds. The third-order valence-corrected chi connectivity index (χ3v) is 10.4. The van der Waals surface area contributed by atoms with Gasteiger partial charge in [-0.2, -0.15) is 0 Å². The van der Waals surface area contributed by atoms with Gasteiger partial charge in [0.2, 0.25) is 0 Å². The topological polar surface area (TPSA) is 62.2 Å². The molecule has 1 saturated heterocycles. The molecule has 5 nitrogen and oxygen atoms in total. The molecule has 1 aliphatic heterocycles.